The largest absolute Gasteiger partial charge is 0.508 e. The Balaban J connectivity index is 0.000000409. The number of rotatable bonds is 3. The number of aliphatic hydroxyl groups excluding tert-OH is 5. The molecule has 10 nitrogen and oxygen atoms in total. The lowest BCUT2D eigenvalue weighted by molar-refractivity contribution is -0.259. The van der Waals surface area contributed by atoms with Crippen molar-refractivity contribution in [3.63, 3.8) is 0 Å². The van der Waals surface area contributed by atoms with E-state index in [4.69, 9.17) is 9.47 Å². The number of ether oxygens (including phenoxy) is 3. The summed E-state index contributed by atoms with van der Waals surface area (Å²) >= 11 is 0. The fourth-order valence-corrected chi connectivity index (χ4v) is 3.15. The highest BCUT2D eigenvalue weighted by Gasteiger charge is 2.55. The highest BCUT2D eigenvalue weighted by Crippen LogP contribution is 2.41. The van der Waals surface area contributed by atoms with Crippen LogP contribution >= 0.6 is 0 Å². The average molecular weight is 402 g/mol. The monoisotopic (exact) mass is 402 g/mol. The van der Waals surface area contributed by atoms with E-state index in [9.17, 15) is 35.4 Å². The van der Waals surface area contributed by atoms with Gasteiger partial charge in [-0.1, -0.05) is 6.92 Å². The normalized spacial score (nSPS) is 36.7. The lowest BCUT2D eigenvalue weighted by atomic mass is 9.84. The zero-order chi connectivity index (χ0) is 21.1. The van der Waals surface area contributed by atoms with Gasteiger partial charge < -0.3 is 44.8 Å². The van der Waals surface area contributed by atoms with Crippen LogP contribution in [0.4, 0.5) is 0 Å². The van der Waals surface area contributed by atoms with Crippen molar-refractivity contribution in [2.24, 2.45) is 0 Å². The van der Waals surface area contributed by atoms with E-state index < -0.39 is 48.5 Å². The molecule has 1 fully saturated rings. The van der Waals surface area contributed by atoms with Gasteiger partial charge in [0.05, 0.1) is 20.0 Å². The van der Waals surface area contributed by atoms with Gasteiger partial charge in [0, 0.05) is 12.0 Å². The second-order valence-corrected chi connectivity index (χ2v) is 6.55. The summed E-state index contributed by atoms with van der Waals surface area (Å²) in [5.41, 5.74) is -1.22. The molecular weight excluding hydrogens is 376 g/mol. The molecule has 0 spiro atoms. The number of fused-ring (bicyclic) bond motifs is 1. The summed E-state index contributed by atoms with van der Waals surface area (Å²) in [7, 11) is 1.38. The SMILES string of the molecule is CCC(=O)OC.OC[C@H]1O[C@@H](C2(O)C=C3C=COCC3=C2O)[C@H](O)[C@@H](O)[C@@H]1O. The van der Waals surface area contributed by atoms with Crippen molar-refractivity contribution in [2.45, 2.75) is 49.5 Å². The first kappa shape index (κ1) is 22.3. The Kier molecular flexibility index (Phi) is 7.21. The number of methoxy groups -OCH3 is 1. The van der Waals surface area contributed by atoms with Gasteiger partial charge in [-0.3, -0.25) is 4.79 Å². The first-order valence-electron chi connectivity index (χ1n) is 8.74. The van der Waals surface area contributed by atoms with Gasteiger partial charge in [0.15, 0.2) is 5.60 Å². The van der Waals surface area contributed by atoms with Gasteiger partial charge in [-0.25, -0.2) is 0 Å². The fraction of sp³-hybridized carbons (Fsp3) is 0.611. The number of hydrogen-bond donors (Lipinski definition) is 6. The highest BCUT2D eigenvalue weighted by molar-refractivity contribution is 5.68. The van der Waals surface area contributed by atoms with Crippen LogP contribution in [0.3, 0.4) is 0 Å². The van der Waals surface area contributed by atoms with E-state index in [1.54, 1.807) is 6.92 Å². The zero-order valence-electron chi connectivity index (χ0n) is 15.6. The molecule has 6 N–H and O–H groups in total. The summed E-state index contributed by atoms with van der Waals surface area (Å²) in [6, 6.07) is 0. The molecule has 1 aliphatic carbocycles. The third kappa shape index (κ3) is 4.07. The maximum atomic E-state index is 10.8. The second-order valence-electron chi connectivity index (χ2n) is 6.55. The predicted molar refractivity (Wildman–Crippen MR) is 93.9 cm³/mol. The molecule has 0 radical (unpaired) electrons. The molecule has 3 rings (SSSR count). The number of esters is 1. The average Bonchev–Trinajstić information content (AvgIpc) is 2.97. The number of hydrogen-bond acceptors (Lipinski definition) is 10. The van der Waals surface area contributed by atoms with Gasteiger partial charge in [-0.2, -0.15) is 0 Å². The van der Waals surface area contributed by atoms with E-state index in [2.05, 4.69) is 4.74 Å². The van der Waals surface area contributed by atoms with Gasteiger partial charge in [0.25, 0.3) is 0 Å². The van der Waals surface area contributed by atoms with Crippen LogP contribution in [-0.2, 0) is 19.0 Å². The minimum Gasteiger partial charge on any atom is -0.508 e. The van der Waals surface area contributed by atoms with Gasteiger partial charge in [0.1, 0.15) is 42.9 Å². The van der Waals surface area contributed by atoms with Crippen LogP contribution in [0.5, 0.6) is 0 Å². The third-order valence-corrected chi connectivity index (χ3v) is 4.80. The molecule has 158 valence electrons. The Bertz CT molecular complexity index is 661. The lowest BCUT2D eigenvalue weighted by Gasteiger charge is -2.44. The summed E-state index contributed by atoms with van der Waals surface area (Å²) in [5, 5.41) is 60.0. The summed E-state index contributed by atoms with van der Waals surface area (Å²) < 4.78 is 14.6. The Morgan fingerprint density at radius 2 is 1.96 bits per heavy atom. The second kappa shape index (κ2) is 9.03. The van der Waals surface area contributed by atoms with Crippen molar-refractivity contribution < 1.29 is 49.6 Å². The minimum atomic E-state index is -2.09. The molecule has 2 aliphatic heterocycles. The first-order valence-corrected chi connectivity index (χ1v) is 8.74. The Hall–Kier alpha value is -1.95. The summed E-state index contributed by atoms with van der Waals surface area (Å²) in [4.78, 5) is 9.96. The summed E-state index contributed by atoms with van der Waals surface area (Å²) in [6.07, 6.45) is -2.74. The molecule has 10 heteroatoms. The summed E-state index contributed by atoms with van der Waals surface area (Å²) in [5.74, 6) is -0.605. The van der Waals surface area contributed by atoms with Gasteiger partial charge in [-0.05, 0) is 17.7 Å². The van der Waals surface area contributed by atoms with Gasteiger partial charge >= 0.3 is 5.97 Å². The Morgan fingerprint density at radius 1 is 1.29 bits per heavy atom. The fourth-order valence-electron chi connectivity index (χ4n) is 3.15. The molecular formula is C18H26O10. The highest BCUT2D eigenvalue weighted by atomic mass is 16.6. The molecule has 0 aromatic carbocycles. The van der Waals surface area contributed by atoms with E-state index in [1.807, 2.05) is 0 Å². The van der Waals surface area contributed by atoms with Crippen molar-refractivity contribution in [3.05, 3.63) is 35.3 Å². The van der Waals surface area contributed by atoms with Gasteiger partial charge in [-0.15, -0.1) is 0 Å². The predicted octanol–water partition coefficient (Wildman–Crippen LogP) is -1.57. The van der Waals surface area contributed by atoms with E-state index in [0.717, 1.165) is 0 Å². The van der Waals surface area contributed by atoms with Crippen LogP contribution in [0.25, 0.3) is 0 Å². The first-order chi connectivity index (χ1) is 13.2. The third-order valence-electron chi connectivity index (χ3n) is 4.80. The molecule has 28 heavy (non-hydrogen) atoms. The van der Waals surface area contributed by atoms with E-state index in [1.165, 1.54) is 25.5 Å². The molecule has 0 aromatic heterocycles. The van der Waals surface area contributed by atoms with Crippen LogP contribution < -0.4 is 0 Å². The summed E-state index contributed by atoms with van der Waals surface area (Å²) in [6.45, 7) is 1.19. The molecule has 2 heterocycles. The zero-order valence-corrected chi connectivity index (χ0v) is 15.6. The molecule has 1 unspecified atom stereocenters. The van der Waals surface area contributed by atoms with Crippen LogP contribution in [0.1, 0.15) is 13.3 Å². The standard InChI is InChI=1S/C14H18O8.C4H8O2/c15-4-8-9(16)10(17)11(18)13(22-8)14(20)3-6-1-2-21-5-7(6)12(14)19;1-3-4(5)6-2/h1-3,8-11,13,15-20H,4-5H2;3H2,1-2H3/t8-,9-,10+,11-,13-,14?;/m1./s1. The van der Waals surface area contributed by atoms with E-state index in [-0.39, 0.29) is 12.6 Å². The van der Waals surface area contributed by atoms with Crippen LogP contribution in [0, 0.1) is 0 Å². The maximum Gasteiger partial charge on any atom is 0.305 e. The minimum absolute atomic E-state index is 0.0495. The van der Waals surface area contributed by atoms with Crippen LogP contribution in [0.15, 0.2) is 35.3 Å². The molecule has 0 amide bonds. The van der Waals surface area contributed by atoms with Crippen molar-refractivity contribution in [3.8, 4) is 0 Å². The van der Waals surface area contributed by atoms with Crippen molar-refractivity contribution >= 4 is 5.97 Å². The van der Waals surface area contributed by atoms with Crippen molar-refractivity contribution in [1.29, 1.82) is 0 Å². The molecule has 6 atom stereocenters. The van der Waals surface area contributed by atoms with Crippen LogP contribution in [0.2, 0.25) is 0 Å². The van der Waals surface area contributed by atoms with Gasteiger partial charge in [0.2, 0.25) is 0 Å². The molecule has 0 saturated carbocycles. The Labute approximate surface area is 161 Å². The van der Waals surface area contributed by atoms with E-state index >= 15 is 0 Å². The quantitative estimate of drug-likeness (QED) is 0.303. The molecule has 1 saturated heterocycles. The van der Waals surface area contributed by atoms with Crippen molar-refractivity contribution in [1.82, 2.24) is 0 Å². The Morgan fingerprint density at radius 3 is 2.46 bits per heavy atom. The lowest BCUT2D eigenvalue weighted by Crippen LogP contribution is -2.65. The number of carbonyl (C=O) groups is 1. The maximum absolute atomic E-state index is 10.8. The van der Waals surface area contributed by atoms with Crippen LogP contribution in [-0.4, -0.2) is 93.1 Å². The topological polar surface area (TPSA) is 166 Å². The molecule has 3 aliphatic rings. The number of carbonyl (C=O) groups excluding carboxylic acids is 1. The van der Waals surface area contributed by atoms with E-state index in [0.29, 0.717) is 17.6 Å². The number of aliphatic hydroxyl groups is 6. The molecule has 0 aromatic rings. The molecule has 0 bridgehead atoms. The smallest absolute Gasteiger partial charge is 0.305 e. The number of allylic oxidation sites excluding steroid dienone is 1. The van der Waals surface area contributed by atoms with Crippen molar-refractivity contribution in [2.75, 3.05) is 20.3 Å².